The highest BCUT2D eigenvalue weighted by Crippen LogP contribution is 2.24. The molecule has 0 aliphatic heterocycles. The van der Waals surface area contributed by atoms with Crippen molar-refractivity contribution in [1.82, 2.24) is 0 Å². The molecule has 0 amide bonds. The van der Waals surface area contributed by atoms with E-state index in [0.717, 1.165) is 25.5 Å². The Balaban J connectivity index is 2.40. The van der Waals surface area contributed by atoms with Crippen LogP contribution >= 0.6 is 15.9 Å². The van der Waals surface area contributed by atoms with Gasteiger partial charge in [-0.05, 0) is 25.2 Å². The minimum atomic E-state index is 0.0671. The van der Waals surface area contributed by atoms with Gasteiger partial charge in [-0.1, -0.05) is 28.1 Å². The molecule has 1 aliphatic rings. The van der Waals surface area contributed by atoms with Crippen molar-refractivity contribution in [3.05, 3.63) is 12.2 Å². The van der Waals surface area contributed by atoms with Gasteiger partial charge in [0, 0.05) is 0 Å². The van der Waals surface area contributed by atoms with Crippen LogP contribution in [0, 0.1) is 5.92 Å². The van der Waals surface area contributed by atoms with E-state index < -0.39 is 0 Å². The molecule has 0 saturated heterocycles. The molecule has 0 N–H and O–H groups in total. The molecule has 1 nitrogen and oxygen atoms in total. The summed E-state index contributed by atoms with van der Waals surface area (Å²) >= 11 is 3.34. The fourth-order valence-corrected chi connectivity index (χ4v) is 1.70. The van der Waals surface area contributed by atoms with Crippen molar-refractivity contribution in [3.8, 4) is 0 Å². The number of allylic oxidation sites excluding steroid dienone is 2. The predicted molar refractivity (Wildman–Crippen MR) is 45.3 cm³/mol. The summed E-state index contributed by atoms with van der Waals surface area (Å²) in [5, 5.41) is 0. The Morgan fingerprint density at radius 1 is 1.60 bits per heavy atom. The van der Waals surface area contributed by atoms with Crippen molar-refractivity contribution in [2.24, 2.45) is 5.92 Å². The fourth-order valence-electron chi connectivity index (χ4n) is 1.22. The van der Waals surface area contributed by atoms with Crippen LogP contribution in [0.15, 0.2) is 12.2 Å². The summed E-state index contributed by atoms with van der Waals surface area (Å²) < 4.78 is 0. The third-order valence-electron chi connectivity index (χ3n) is 1.89. The number of alkyl halides is 1. The molecule has 1 rings (SSSR count). The zero-order valence-corrected chi connectivity index (χ0v) is 7.38. The van der Waals surface area contributed by atoms with Gasteiger partial charge in [-0.3, -0.25) is 0 Å². The molecule has 0 aromatic rings. The summed E-state index contributed by atoms with van der Waals surface area (Å²) in [5.74, 6) is 0.530. The summed E-state index contributed by atoms with van der Waals surface area (Å²) in [5.41, 5.74) is 0. The van der Waals surface area contributed by atoms with Gasteiger partial charge < -0.3 is 4.79 Å². The molecule has 0 saturated carbocycles. The zero-order valence-electron chi connectivity index (χ0n) is 5.79. The third kappa shape index (κ3) is 1.94. The maximum atomic E-state index is 10.3. The lowest BCUT2D eigenvalue weighted by atomic mass is 9.92. The molecule has 0 aromatic heterocycles. The maximum Gasteiger partial charge on any atom is 0.133 e. The van der Waals surface area contributed by atoms with Crippen LogP contribution in [0.1, 0.15) is 19.3 Å². The van der Waals surface area contributed by atoms with Crippen molar-refractivity contribution < 1.29 is 4.79 Å². The SMILES string of the molecule is O=CC(Br)C1CC=CCC1. The Kier molecular flexibility index (Phi) is 3.13. The zero-order chi connectivity index (χ0) is 7.40. The van der Waals surface area contributed by atoms with Crippen LogP contribution in [0.5, 0.6) is 0 Å². The summed E-state index contributed by atoms with van der Waals surface area (Å²) in [6.45, 7) is 0. The smallest absolute Gasteiger partial charge is 0.133 e. The van der Waals surface area contributed by atoms with Crippen LogP contribution in [-0.2, 0) is 4.79 Å². The number of carbonyl (C=O) groups excluding carboxylic acids is 1. The molecule has 0 fully saturated rings. The van der Waals surface area contributed by atoms with Crippen LogP contribution in [0.2, 0.25) is 0 Å². The topological polar surface area (TPSA) is 17.1 Å². The molecular formula is C8H11BrO. The number of carbonyl (C=O) groups is 1. The highest BCUT2D eigenvalue weighted by molar-refractivity contribution is 9.09. The van der Waals surface area contributed by atoms with E-state index in [-0.39, 0.29) is 4.83 Å². The van der Waals surface area contributed by atoms with Gasteiger partial charge in [0.15, 0.2) is 0 Å². The van der Waals surface area contributed by atoms with Crippen molar-refractivity contribution in [1.29, 1.82) is 0 Å². The molecule has 2 heteroatoms. The molecule has 10 heavy (non-hydrogen) atoms. The van der Waals surface area contributed by atoms with Gasteiger partial charge in [-0.15, -0.1) is 0 Å². The van der Waals surface area contributed by atoms with Crippen molar-refractivity contribution >= 4 is 22.2 Å². The molecule has 0 bridgehead atoms. The van der Waals surface area contributed by atoms with Crippen LogP contribution in [0.4, 0.5) is 0 Å². The normalized spacial score (nSPS) is 27.9. The second-order valence-electron chi connectivity index (χ2n) is 2.63. The molecule has 0 aromatic carbocycles. The number of hydrogen-bond acceptors (Lipinski definition) is 1. The molecule has 2 unspecified atom stereocenters. The minimum absolute atomic E-state index is 0.0671. The van der Waals surface area contributed by atoms with E-state index in [2.05, 4.69) is 28.1 Å². The maximum absolute atomic E-state index is 10.3. The quantitative estimate of drug-likeness (QED) is 0.382. The van der Waals surface area contributed by atoms with Crippen molar-refractivity contribution in [2.45, 2.75) is 24.1 Å². The second-order valence-corrected chi connectivity index (χ2v) is 3.68. The first-order valence-electron chi connectivity index (χ1n) is 3.59. The van der Waals surface area contributed by atoms with Crippen molar-refractivity contribution in [3.63, 3.8) is 0 Å². The van der Waals surface area contributed by atoms with Gasteiger partial charge in [-0.25, -0.2) is 0 Å². The average Bonchev–Trinajstić information content (AvgIpc) is 2.05. The molecule has 0 radical (unpaired) electrons. The van der Waals surface area contributed by atoms with Crippen LogP contribution in [-0.4, -0.2) is 11.1 Å². The van der Waals surface area contributed by atoms with E-state index in [4.69, 9.17) is 0 Å². The van der Waals surface area contributed by atoms with Gasteiger partial charge in [-0.2, -0.15) is 0 Å². The molecule has 0 spiro atoms. The summed E-state index contributed by atoms with van der Waals surface area (Å²) in [6.07, 6.45) is 8.65. The van der Waals surface area contributed by atoms with Crippen LogP contribution in [0.25, 0.3) is 0 Å². The summed E-state index contributed by atoms with van der Waals surface area (Å²) in [7, 11) is 0. The molecule has 2 atom stereocenters. The predicted octanol–water partition coefficient (Wildman–Crippen LogP) is 2.31. The van der Waals surface area contributed by atoms with Gasteiger partial charge in [0.25, 0.3) is 0 Å². The summed E-state index contributed by atoms with van der Waals surface area (Å²) in [4.78, 5) is 10.4. The van der Waals surface area contributed by atoms with Crippen LogP contribution < -0.4 is 0 Å². The minimum Gasteiger partial charge on any atom is -0.302 e. The number of hydrogen-bond donors (Lipinski definition) is 0. The van der Waals surface area contributed by atoms with E-state index in [1.807, 2.05) is 0 Å². The standard InChI is InChI=1S/C8H11BrO/c9-8(6-10)7-4-2-1-3-5-7/h1-2,6-8H,3-5H2. The Labute approximate surface area is 69.6 Å². The lowest BCUT2D eigenvalue weighted by Crippen LogP contribution is -2.16. The number of aldehydes is 1. The monoisotopic (exact) mass is 202 g/mol. The molecule has 0 heterocycles. The Morgan fingerprint density at radius 2 is 2.40 bits per heavy atom. The fraction of sp³-hybridized carbons (Fsp3) is 0.625. The van der Waals surface area contributed by atoms with Gasteiger partial charge in [0.2, 0.25) is 0 Å². The first-order valence-corrected chi connectivity index (χ1v) is 4.50. The van der Waals surface area contributed by atoms with Gasteiger partial charge >= 0.3 is 0 Å². The number of rotatable bonds is 2. The van der Waals surface area contributed by atoms with Crippen molar-refractivity contribution in [2.75, 3.05) is 0 Å². The highest BCUT2D eigenvalue weighted by atomic mass is 79.9. The third-order valence-corrected chi connectivity index (χ3v) is 2.85. The average molecular weight is 203 g/mol. The van der Waals surface area contributed by atoms with E-state index in [1.165, 1.54) is 0 Å². The lowest BCUT2D eigenvalue weighted by Gasteiger charge is -2.18. The first-order chi connectivity index (χ1) is 4.84. The second kappa shape index (κ2) is 3.91. The lowest BCUT2D eigenvalue weighted by molar-refractivity contribution is -0.108. The van der Waals surface area contributed by atoms with E-state index in [1.54, 1.807) is 0 Å². The molecule has 56 valence electrons. The highest BCUT2D eigenvalue weighted by Gasteiger charge is 2.17. The van der Waals surface area contributed by atoms with E-state index in [9.17, 15) is 4.79 Å². The first kappa shape index (κ1) is 7.99. The summed E-state index contributed by atoms with van der Waals surface area (Å²) in [6, 6.07) is 0. The largest absolute Gasteiger partial charge is 0.302 e. The number of halogens is 1. The Bertz CT molecular complexity index is 142. The van der Waals surface area contributed by atoms with Gasteiger partial charge in [0.05, 0.1) is 4.83 Å². The Morgan fingerprint density at radius 3 is 2.90 bits per heavy atom. The Hall–Kier alpha value is -0.110. The molecule has 1 aliphatic carbocycles. The molecular weight excluding hydrogens is 192 g/mol. The van der Waals surface area contributed by atoms with Gasteiger partial charge in [0.1, 0.15) is 6.29 Å². The van der Waals surface area contributed by atoms with E-state index in [0.29, 0.717) is 5.92 Å². The van der Waals surface area contributed by atoms with Crippen LogP contribution in [0.3, 0.4) is 0 Å². The van der Waals surface area contributed by atoms with E-state index >= 15 is 0 Å².